The lowest BCUT2D eigenvalue weighted by molar-refractivity contribution is 0.160. The molecule has 1 aliphatic rings. The highest BCUT2D eigenvalue weighted by atomic mass is 15.2. The van der Waals surface area contributed by atoms with Gasteiger partial charge in [-0.15, -0.1) is 0 Å². The van der Waals surface area contributed by atoms with Crippen molar-refractivity contribution in [3.8, 4) is 0 Å². The minimum atomic E-state index is 0.877. The van der Waals surface area contributed by atoms with E-state index in [0.29, 0.717) is 0 Å². The zero-order chi connectivity index (χ0) is 11.8. The lowest BCUT2D eigenvalue weighted by atomic mass is 9.98. The van der Waals surface area contributed by atoms with Crippen molar-refractivity contribution in [3.63, 3.8) is 0 Å². The molecule has 1 N–H and O–H groups in total. The van der Waals surface area contributed by atoms with Gasteiger partial charge in [0.05, 0.1) is 0 Å². The first-order valence-corrected chi connectivity index (χ1v) is 6.80. The third kappa shape index (κ3) is 5.83. The molecule has 1 fully saturated rings. The molecule has 0 radical (unpaired) electrons. The van der Waals surface area contributed by atoms with E-state index in [9.17, 15) is 0 Å². The third-order valence-electron chi connectivity index (χ3n) is 3.33. The van der Waals surface area contributed by atoms with Gasteiger partial charge < -0.3 is 15.1 Å². The van der Waals surface area contributed by atoms with Gasteiger partial charge in [-0.2, -0.15) is 0 Å². The molecule has 0 aromatic rings. The predicted molar refractivity (Wildman–Crippen MR) is 70.9 cm³/mol. The van der Waals surface area contributed by atoms with Crippen LogP contribution < -0.4 is 5.32 Å². The van der Waals surface area contributed by atoms with Gasteiger partial charge in [0.15, 0.2) is 0 Å². The first-order valence-electron chi connectivity index (χ1n) is 6.80. The fraction of sp³-hybridized carbons (Fsp3) is 1.00. The van der Waals surface area contributed by atoms with Crippen LogP contribution in [0.4, 0.5) is 0 Å². The molecule has 96 valence electrons. The second-order valence-electron chi connectivity index (χ2n) is 5.32. The monoisotopic (exact) mass is 227 g/mol. The molecule has 1 atom stereocenters. The molecule has 0 saturated carbocycles. The Morgan fingerprint density at radius 2 is 2.19 bits per heavy atom. The maximum Gasteiger partial charge on any atom is 0.0109 e. The van der Waals surface area contributed by atoms with Gasteiger partial charge in [-0.05, 0) is 58.9 Å². The van der Waals surface area contributed by atoms with Crippen LogP contribution in [0.1, 0.15) is 26.2 Å². The molecular weight excluding hydrogens is 198 g/mol. The first-order chi connectivity index (χ1) is 7.72. The van der Waals surface area contributed by atoms with Crippen molar-refractivity contribution in [2.75, 3.05) is 53.4 Å². The van der Waals surface area contributed by atoms with E-state index < -0.39 is 0 Å². The zero-order valence-electron chi connectivity index (χ0n) is 11.3. The van der Waals surface area contributed by atoms with Crippen LogP contribution in [0.3, 0.4) is 0 Å². The van der Waals surface area contributed by atoms with E-state index in [1.165, 1.54) is 58.5 Å². The van der Waals surface area contributed by atoms with Gasteiger partial charge in [0.25, 0.3) is 0 Å². The lowest BCUT2D eigenvalue weighted by Crippen LogP contribution is -2.42. The Morgan fingerprint density at radius 1 is 1.38 bits per heavy atom. The highest BCUT2D eigenvalue weighted by Crippen LogP contribution is 2.15. The van der Waals surface area contributed by atoms with Crippen LogP contribution in [0.2, 0.25) is 0 Å². The molecule has 0 aromatic heterocycles. The minimum Gasteiger partial charge on any atom is -0.316 e. The Kier molecular flexibility index (Phi) is 7.01. The van der Waals surface area contributed by atoms with Crippen LogP contribution in [0, 0.1) is 5.92 Å². The van der Waals surface area contributed by atoms with E-state index in [2.05, 4.69) is 36.1 Å². The van der Waals surface area contributed by atoms with Crippen molar-refractivity contribution >= 4 is 0 Å². The van der Waals surface area contributed by atoms with Crippen molar-refractivity contribution in [2.45, 2.75) is 26.2 Å². The molecule has 3 heteroatoms. The lowest BCUT2D eigenvalue weighted by Gasteiger charge is -2.33. The van der Waals surface area contributed by atoms with E-state index in [1.54, 1.807) is 0 Å². The highest BCUT2D eigenvalue weighted by Gasteiger charge is 2.18. The Hall–Kier alpha value is -0.120. The summed E-state index contributed by atoms with van der Waals surface area (Å²) >= 11 is 0. The average Bonchev–Trinajstić information content (AvgIpc) is 2.27. The number of hydrogen-bond acceptors (Lipinski definition) is 3. The second-order valence-corrected chi connectivity index (χ2v) is 5.32. The van der Waals surface area contributed by atoms with Crippen molar-refractivity contribution in [3.05, 3.63) is 0 Å². The smallest absolute Gasteiger partial charge is 0.0109 e. The van der Waals surface area contributed by atoms with Crippen LogP contribution in [-0.2, 0) is 0 Å². The molecule has 0 bridgehead atoms. The minimum absolute atomic E-state index is 0.877. The predicted octanol–water partition coefficient (Wildman–Crippen LogP) is 1.26. The summed E-state index contributed by atoms with van der Waals surface area (Å²) < 4.78 is 0. The van der Waals surface area contributed by atoms with E-state index in [1.807, 2.05) is 0 Å². The van der Waals surface area contributed by atoms with Crippen LogP contribution in [0.25, 0.3) is 0 Å². The summed E-state index contributed by atoms with van der Waals surface area (Å²) in [6.07, 6.45) is 4.04. The topological polar surface area (TPSA) is 18.5 Å². The molecular formula is C13H29N3. The molecule has 0 amide bonds. The first kappa shape index (κ1) is 13.9. The standard InChI is InChI=1S/C13H29N3/c1-4-7-14-11-13-6-5-8-16(12-13)10-9-15(2)3/h13-14H,4-12H2,1-3H3. The van der Waals surface area contributed by atoms with Gasteiger partial charge in [0, 0.05) is 19.6 Å². The van der Waals surface area contributed by atoms with Crippen molar-refractivity contribution in [2.24, 2.45) is 5.92 Å². The number of likely N-dealkylation sites (N-methyl/N-ethyl adjacent to an activating group) is 1. The van der Waals surface area contributed by atoms with Gasteiger partial charge in [0.1, 0.15) is 0 Å². The van der Waals surface area contributed by atoms with E-state index >= 15 is 0 Å². The van der Waals surface area contributed by atoms with Crippen LogP contribution in [0.15, 0.2) is 0 Å². The zero-order valence-corrected chi connectivity index (χ0v) is 11.3. The molecule has 1 aliphatic heterocycles. The van der Waals surface area contributed by atoms with Crippen LogP contribution >= 0.6 is 0 Å². The number of nitrogens with zero attached hydrogens (tertiary/aromatic N) is 2. The summed E-state index contributed by atoms with van der Waals surface area (Å²) in [5.74, 6) is 0.877. The molecule has 1 unspecified atom stereocenters. The fourth-order valence-corrected chi connectivity index (χ4v) is 2.35. The molecule has 0 aromatic carbocycles. The maximum absolute atomic E-state index is 3.55. The molecule has 1 saturated heterocycles. The summed E-state index contributed by atoms with van der Waals surface area (Å²) in [4.78, 5) is 4.90. The number of nitrogens with one attached hydrogen (secondary N) is 1. The molecule has 1 rings (SSSR count). The van der Waals surface area contributed by atoms with E-state index in [4.69, 9.17) is 0 Å². The Bertz CT molecular complexity index is 171. The summed E-state index contributed by atoms with van der Waals surface area (Å²) in [6.45, 7) is 9.65. The number of likely N-dealkylation sites (tertiary alicyclic amines) is 1. The van der Waals surface area contributed by atoms with Crippen molar-refractivity contribution in [1.29, 1.82) is 0 Å². The van der Waals surface area contributed by atoms with Crippen LogP contribution in [-0.4, -0.2) is 63.2 Å². The average molecular weight is 227 g/mol. The van der Waals surface area contributed by atoms with Gasteiger partial charge in [-0.25, -0.2) is 0 Å². The molecule has 0 aliphatic carbocycles. The summed E-state index contributed by atoms with van der Waals surface area (Å²) in [5.41, 5.74) is 0. The van der Waals surface area contributed by atoms with Gasteiger partial charge in [0.2, 0.25) is 0 Å². The van der Waals surface area contributed by atoms with Crippen molar-refractivity contribution in [1.82, 2.24) is 15.1 Å². The van der Waals surface area contributed by atoms with Gasteiger partial charge in [-0.1, -0.05) is 6.92 Å². The van der Waals surface area contributed by atoms with Crippen LogP contribution in [0.5, 0.6) is 0 Å². The summed E-state index contributed by atoms with van der Waals surface area (Å²) in [5, 5.41) is 3.55. The fourth-order valence-electron chi connectivity index (χ4n) is 2.35. The van der Waals surface area contributed by atoms with Gasteiger partial charge in [-0.3, -0.25) is 0 Å². The SMILES string of the molecule is CCCNCC1CCCN(CCN(C)C)C1. The normalized spacial score (nSPS) is 22.9. The Morgan fingerprint density at radius 3 is 2.88 bits per heavy atom. The third-order valence-corrected chi connectivity index (χ3v) is 3.33. The Balaban J connectivity index is 2.14. The quantitative estimate of drug-likeness (QED) is 0.661. The van der Waals surface area contributed by atoms with E-state index in [-0.39, 0.29) is 0 Å². The van der Waals surface area contributed by atoms with Crippen molar-refractivity contribution < 1.29 is 0 Å². The maximum atomic E-state index is 3.55. The van der Waals surface area contributed by atoms with Gasteiger partial charge >= 0.3 is 0 Å². The molecule has 16 heavy (non-hydrogen) atoms. The largest absolute Gasteiger partial charge is 0.316 e. The molecule has 1 heterocycles. The van der Waals surface area contributed by atoms with E-state index in [0.717, 1.165) is 5.92 Å². The molecule has 0 spiro atoms. The Labute approximate surface area is 101 Å². The second kappa shape index (κ2) is 8.04. The number of rotatable bonds is 7. The molecule has 3 nitrogen and oxygen atoms in total. The number of hydrogen-bond donors (Lipinski definition) is 1. The highest BCUT2D eigenvalue weighted by molar-refractivity contribution is 4.74. The summed E-state index contributed by atoms with van der Waals surface area (Å²) in [7, 11) is 4.31. The summed E-state index contributed by atoms with van der Waals surface area (Å²) in [6, 6.07) is 0. The number of piperidine rings is 1.